The van der Waals surface area contributed by atoms with Gasteiger partial charge in [-0.2, -0.15) is 0 Å². The highest BCUT2D eigenvalue weighted by molar-refractivity contribution is 6.16. The summed E-state index contributed by atoms with van der Waals surface area (Å²) in [6.45, 7) is 4.72. The van der Waals surface area contributed by atoms with E-state index < -0.39 is 6.17 Å². The smallest absolute Gasteiger partial charge is 0.169 e. The standard InChI is InChI=1S/C66H50N4/c1-66(2)59-26-13-11-22-54(59)55-41-38-50(42-60(55)66)52-20-9-10-21-53(52)57-24-15-25-58-56-23-12-14-27-61(56)70(62(57)58)51-39-36-49(37-40-51)65-68-63(47-32-28-45(29-33-47)43-16-5-3-6-17-43)67-64(69-65)48-34-30-46(31-35-48)44-18-7-4-8-19-44/h3-22,24-42,56,65H,23H2,1-2H3,(H,67,68,69). The fraction of sp³-hybridized carbons (Fsp3) is 0.0909. The van der Waals surface area contributed by atoms with E-state index in [1.54, 1.807) is 0 Å². The maximum Gasteiger partial charge on any atom is 0.169 e. The summed E-state index contributed by atoms with van der Waals surface area (Å²) < 4.78 is 0. The molecule has 334 valence electrons. The van der Waals surface area contributed by atoms with Crippen molar-refractivity contribution < 1.29 is 0 Å². The Labute approximate surface area is 410 Å². The molecule has 1 N–H and O–H groups in total. The summed E-state index contributed by atoms with van der Waals surface area (Å²) in [5.74, 6) is 1.85. The van der Waals surface area contributed by atoms with Crippen molar-refractivity contribution in [3.05, 3.63) is 276 Å². The lowest BCUT2D eigenvalue weighted by Crippen LogP contribution is -2.36. The van der Waals surface area contributed by atoms with Gasteiger partial charge in [0.25, 0.3) is 0 Å². The Bertz CT molecular complexity index is 3500. The van der Waals surface area contributed by atoms with Crippen LogP contribution in [0.3, 0.4) is 0 Å². The number of anilines is 2. The number of hydrogen-bond donors (Lipinski definition) is 1. The number of hydrogen-bond acceptors (Lipinski definition) is 4. The second-order valence-corrected chi connectivity index (χ2v) is 19.3. The number of rotatable bonds is 8. The quantitative estimate of drug-likeness (QED) is 0.165. The lowest BCUT2D eigenvalue weighted by molar-refractivity contribution is 0.660. The number of allylic oxidation sites excluding steroid dienone is 4. The first kappa shape index (κ1) is 41.6. The van der Waals surface area contributed by atoms with Crippen molar-refractivity contribution >= 4 is 23.0 Å². The maximum absolute atomic E-state index is 5.31. The molecule has 0 aromatic heterocycles. The molecule has 2 aliphatic heterocycles. The summed E-state index contributed by atoms with van der Waals surface area (Å²) in [5, 5.41) is 3.64. The number of para-hydroxylation sites is 1. The highest BCUT2D eigenvalue weighted by atomic mass is 15.2. The molecule has 0 amide bonds. The van der Waals surface area contributed by atoms with Gasteiger partial charge in [-0.3, -0.25) is 0 Å². The minimum atomic E-state index is -0.453. The van der Waals surface area contributed by atoms with Crippen LogP contribution in [0, 0.1) is 0 Å². The molecule has 2 heterocycles. The number of benzene rings is 9. The van der Waals surface area contributed by atoms with Crippen LogP contribution in [0.1, 0.15) is 65.7 Å². The first-order valence-electron chi connectivity index (χ1n) is 24.4. The summed E-state index contributed by atoms with van der Waals surface area (Å²) in [6.07, 6.45) is 7.34. The molecule has 70 heavy (non-hydrogen) atoms. The van der Waals surface area contributed by atoms with Gasteiger partial charge in [0.2, 0.25) is 0 Å². The van der Waals surface area contributed by atoms with Crippen molar-refractivity contribution in [3.63, 3.8) is 0 Å². The summed E-state index contributed by atoms with van der Waals surface area (Å²) in [4.78, 5) is 13.1. The van der Waals surface area contributed by atoms with Crippen LogP contribution in [0.15, 0.2) is 252 Å². The van der Waals surface area contributed by atoms with Gasteiger partial charge in [-0.25, -0.2) is 9.98 Å². The van der Waals surface area contributed by atoms with Crippen LogP contribution in [-0.4, -0.2) is 11.7 Å². The molecule has 13 rings (SSSR count). The highest BCUT2D eigenvalue weighted by Crippen LogP contribution is 2.56. The largest absolute Gasteiger partial charge is 0.324 e. The van der Waals surface area contributed by atoms with Crippen LogP contribution in [0.2, 0.25) is 0 Å². The molecule has 0 saturated heterocycles. The molecule has 0 radical (unpaired) electrons. The van der Waals surface area contributed by atoms with Crippen LogP contribution in [-0.2, 0) is 5.41 Å². The fourth-order valence-corrected chi connectivity index (χ4v) is 11.3. The second-order valence-electron chi connectivity index (χ2n) is 19.3. The molecule has 9 aromatic carbocycles. The van der Waals surface area contributed by atoms with Crippen molar-refractivity contribution in [2.45, 2.75) is 37.8 Å². The van der Waals surface area contributed by atoms with E-state index in [2.05, 4.69) is 261 Å². The van der Waals surface area contributed by atoms with Gasteiger partial charge >= 0.3 is 0 Å². The predicted molar refractivity (Wildman–Crippen MR) is 291 cm³/mol. The van der Waals surface area contributed by atoms with Crippen LogP contribution in [0.4, 0.5) is 11.4 Å². The van der Waals surface area contributed by atoms with Crippen molar-refractivity contribution in [2.24, 2.45) is 9.98 Å². The molecule has 4 heteroatoms. The molecule has 0 fully saturated rings. The van der Waals surface area contributed by atoms with Crippen LogP contribution >= 0.6 is 0 Å². The third kappa shape index (κ3) is 7.06. The van der Waals surface area contributed by atoms with Crippen molar-refractivity contribution in [1.82, 2.24) is 5.32 Å². The average molecular weight is 899 g/mol. The van der Waals surface area contributed by atoms with Gasteiger partial charge < -0.3 is 10.2 Å². The SMILES string of the molecule is CC1(C)c2ccccc2-c2ccc(-c3ccccc3-c3cccc4c3N(c3ccc(C5N=C(c6ccc(-c7ccccc7)cc6)NC(c6ccc(-c7ccccc7)cc6)=N5)cc3)C3=CC=CCC34)cc21. The summed E-state index contributed by atoms with van der Waals surface area (Å²) >= 11 is 0. The average Bonchev–Trinajstić information content (AvgIpc) is 3.89. The molecule has 0 spiro atoms. The Morgan fingerprint density at radius 2 is 0.986 bits per heavy atom. The minimum absolute atomic E-state index is 0.0841. The van der Waals surface area contributed by atoms with Crippen molar-refractivity contribution in [2.75, 3.05) is 4.90 Å². The second kappa shape index (κ2) is 16.9. The van der Waals surface area contributed by atoms with E-state index in [1.165, 1.54) is 72.6 Å². The zero-order valence-corrected chi connectivity index (χ0v) is 39.2. The number of aliphatic imine (C=N–C) groups is 2. The van der Waals surface area contributed by atoms with Crippen LogP contribution in [0.5, 0.6) is 0 Å². The van der Waals surface area contributed by atoms with Crippen LogP contribution < -0.4 is 10.2 Å². The van der Waals surface area contributed by atoms with Gasteiger partial charge in [0.15, 0.2) is 6.17 Å². The highest BCUT2D eigenvalue weighted by Gasteiger charge is 2.38. The lowest BCUT2D eigenvalue weighted by Gasteiger charge is -2.27. The fourth-order valence-electron chi connectivity index (χ4n) is 11.3. The molecular weight excluding hydrogens is 849 g/mol. The van der Waals surface area contributed by atoms with E-state index in [9.17, 15) is 0 Å². The van der Waals surface area contributed by atoms with Gasteiger partial charge in [0.05, 0.1) is 5.69 Å². The number of amidine groups is 2. The third-order valence-corrected chi connectivity index (χ3v) is 14.9. The number of fused-ring (bicyclic) bond motifs is 6. The van der Waals surface area contributed by atoms with E-state index in [1.807, 2.05) is 0 Å². The van der Waals surface area contributed by atoms with Gasteiger partial charge in [-0.15, -0.1) is 0 Å². The van der Waals surface area contributed by atoms with E-state index in [0.29, 0.717) is 0 Å². The van der Waals surface area contributed by atoms with E-state index in [-0.39, 0.29) is 11.3 Å². The topological polar surface area (TPSA) is 40.0 Å². The normalized spacial score (nSPS) is 16.3. The van der Waals surface area contributed by atoms with Gasteiger partial charge in [-0.1, -0.05) is 226 Å². The maximum atomic E-state index is 5.31. The zero-order valence-electron chi connectivity index (χ0n) is 39.2. The molecule has 0 bridgehead atoms. The Morgan fingerprint density at radius 1 is 0.457 bits per heavy atom. The molecule has 2 aliphatic carbocycles. The Hall–Kier alpha value is -8.60. The minimum Gasteiger partial charge on any atom is -0.324 e. The molecule has 1 atom stereocenters. The summed E-state index contributed by atoms with van der Waals surface area (Å²) in [5.41, 5.74) is 23.1. The van der Waals surface area contributed by atoms with E-state index in [0.717, 1.165) is 51.6 Å². The van der Waals surface area contributed by atoms with Crippen molar-refractivity contribution in [3.8, 4) is 55.6 Å². The Kier molecular flexibility index (Phi) is 10.0. The first-order valence-corrected chi connectivity index (χ1v) is 24.4. The van der Waals surface area contributed by atoms with Gasteiger partial charge in [-0.05, 0) is 103 Å². The Morgan fingerprint density at radius 3 is 1.64 bits per heavy atom. The summed E-state index contributed by atoms with van der Waals surface area (Å²) in [6, 6.07) is 79.2. The monoisotopic (exact) mass is 898 g/mol. The summed E-state index contributed by atoms with van der Waals surface area (Å²) in [7, 11) is 0. The first-order chi connectivity index (χ1) is 34.5. The van der Waals surface area contributed by atoms with E-state index >= 15 is 0 Å². The molecule has 9 aromatic rings. The number of nitrogens with zero attached hydrogens (tertiary/aromatic N) is 3. The Balaban J connectivity index is 0.877. The van der Waals surface area contributed by atoms with Gasteiger partial charge in [0, 0.05) is 39.4 Å². The van der Waals surface area contributed by atoms with E-state index in [4.69, 9.17) is 9.98 Å². The molecule has 0 saturated carbocycles. The van der Waals surface area contributed by atoms with Gasteiger partial charge in [0.1, 0.15) is 11.7 Å². The van der Waals surface area contributed by atoms with Crippen LogP contribution in [0.25, 0.3) is 55.6 Å². The van der Waals surface area contributed by atoms with Crippen molar-refractivity contribution in [1.29, 1.82) is 0 Å². The molecular formula is C66H50N4. The number of nitrogens with one attached hydrogen (secondary N) is 1. The molecule has 4 nitrogen and oxygen atoms in total. The molecule has 1 unspecified atom stereocenters. The molecule has 4 aliphatic rings. The zero-order chi connectivity index (χ0) is 46.8. The lowest BCUT2D eigenvalue weighted by atomic mass is 9.81. The predicted octanol–water partition coefficient (Wildman–Crippen LogP) is 16.2. The third-order valence-electron chi connectivity index (χ3n) is 14.9.